The highest BCUT2D eigenvalue weighted by molar-refractivity contribution is 7.18. The van der Waals surface area contributed by atoms with E-state index in [1.807, 2.05) is 13.8 Å². The third kappa shape index (κ3) is 2.53. The van der Waals surface area contributed by atoms with E-state index in [9.17, 15) is 0 Å². The van der Waals surface area contributed by atoms with Gasteiger partial charge in [0.15, 0.2) is 0 Å². The van der Waals surface area contributed by atoms with Crippen molar-refractivity contribution in [2.45, 2.75) is 13.8 Å². The molecule has 4 heterocycles. The summed E-state index contributed by atoms with van der Waals surface area (Å²) in [6.45, 7) is 3.99. The van der Waals surface area contributed by atoms with E-state index in [2.05, 4.69) is 62.8 Å². The first-order valence-electron chi connectivity index (χ1n) is 11.5. The summed E-state index contributed by atoms with van der Waals surface area (Å²) in [5.41, 5.74) is 8.08. The average molecular weight is 471 g/mol. The molecule has 4 aromatic heterocycles. The standard InChI is InChI=1S/C28H18N6S/c1-13-31-23-18-6-4-16(12-21(18)28-19(7-10-35-28)25(23)33-13)15-3-5-17-20(11-15)22-26(30-9-8-29-22)27-24(17)32-14(2)34-27/h3-12H,1-2H3,(H,31,33)(H,32,34). The lowest BCUT2D eigenvalue weighted by atomic mass is 9.96. The summed E-state index contributed by atoms with van der Waals surface area (Å²) in [6, 6.07) is 15.5. The van der Waals surface area contributed by atoms with E-state index in [-0.39, 0.29) is 0 Å². The highest BCUT2D eigenvalue weighted by atomic mass is 32.1. The van der Waals surface area contributed by atoms with Gasteiger partial charge in [0.25, 0.3) is 0 Å². The monoisotopic (exact) mass is 470 g/mol. The maximum Gasteiger partial charge on any atom is 0.115 e. The van der Waals surface area contributed by atoms with Crippen LogP contribution in [0.25, 0.3) is 75.9 Å². The molecule has 0 unspecified atom stereocenters. The first kappa shape index (κ1) is 19.0. The summed E-state index contributed by atoms with van der Waals surface area (Å²) in [7, 11) is 0. The number of imidazole rings is 2. The number of rotatable bonds is 1. The molecule has 8 rings (SSSR count). The lowest BCUT2D eigenvalue weighted by molar-refractivity contribution is 1.17. The minimum Gasteiger partial charge on any atom is -0.342 e. The van der Waals surface area contributed by atoms with Crippen molar-refractivity contribution >= 4 is 76.1 Å². The number of benzene rings is 4. The third-order valence-electron chi connectivity index (χ3n) is 6.90. The summed E-state index contributed by atoms with van der Waals surface area (Å²) in [5.74, 6) is 1.81. The quantitative estimate of drug-likeness (QED) is 0.249. The number of H-pyrrole nitrogens is 2. The Hall–Kier alpha value is -4.36. The summed E-state index contributed by atoms with van der Waals surface area (Å²) in [5, 5.41) is 7.94. The molecule has 0 fully saturated rings. The summed E-state index contributed by atoms with van der Waals surface area (Å²) in [6.07, 6.45) is 3.49. The Kier molecular flexibility index (Phi) is 3.59. The first-order chi connectivity index (χ1) is 17.2. The molecule has 0 aliphatic rings. The molecule has 8 aromatic rings. The number of aromatic nitrogens is 6. The van der Waals surface area contributed by atoms with Gasteiger partial charge in [0.05, 0.1) is 27.6 Å². The predicted octanol–water partition coefficient (Wildman–Crippen LogP) is 7.19. The maximum absolute atomic E-state index is 4.76. The van der Waals surface area contributed by atoms with Crippen molar-refractivity contribution in [3.05, 3.63) is 71.9 Å². The van der Waals surface area contributed by atoms with Gasteiger partial charge in [0.1, 0.15) is 17.2 Å². The van der Waals surface area contributed by atoms with Gasteiger partial charge in [-0.1, -0.05) is 24.3 Å². The summed E-state index contributed by atoms with van der Waals surface area (Å²) < 4.78 is 1.27. The fraction of sp³-hybridized carbons (Fsp3) is 0.0714. The molecule has 0 amide bonds. The Morgan fingerprint density at radius 1 is 0.600 bits per heavy atom. The van der Waals surface area contributed by atoms with E-state index in [0.29, 0.717) is 0 Å². The molecule has 0 saturated heterocycles. The molecule has 4 aromatic carbocycles. The maximum atomic E-state index is 4.76. The van der Waals surface area contributed by atoms with E-state index in [4.69, 9.17) is 15.0 Å². The smallest absolute Gasteiger partial charge is 0.115 e. The zero-order valence-electron chi connectivity index (χ0n) is 19.0. The van der Waals surface area contributed by atoms with Gasteiger partial charge in [-0.2, -0.15) is 0 Å². The first-order valence-corrected chi connectivity index (χ1v) is 12.4. The zero-order chi connectivity index (χ0) is 23.3. The summed E-state index contributed by atoms with van der Waals surface area (Å²) >= 11 is 1.77. The largest absolute Gasteiger partial charge is 0.342 e. The second kappa shape index (κ2) is 6.61. The molecular weight excluding hydrogens is 452 g/mol. The molecule has 2 N–H and O–H groups in total. The van der Waals surface area contributed by atoms with Crippen LogP contribution in [-0.2, 0) is 0 Å². The number of hydrogen-bond acceptors (Lipinski definition) is 5. The van der Waals surface area contributed by atoms with E-state index in [0.717, 1.165) is 61.1 Å². The molecule has 0 spiro atoms. The number of hydrogen-bond donors (Lipinski definition) is 2. The number of nitrogens with zero attached hydrogens (tertiary/aromatic N) is 4. The Morgan fingerprint density at radius 2 is 1.26 bits per heavy atom. The van der Waals surface area contributed by atoms with Gasteiger partial charge in [0, 0.05) is 44.0 Å². The average Bonchev–Trinajstić information content (AvgIpc) is 3.61. The van der Waals surface area contributed by atoms with Crippen molar-refractivity contribution in [2.24, 2.45) is 0 Å². The number of aromatic amines is 2. The van der Waals surface area contributed by atoms with E-state index in [1.165, 1.54) is 26.4 Å². The van der Waals surface area contributed by atoms with Gasteiger partial charge in [-0.3, -0.25) is 9.97 Å². The van der Waals surface area contributed by atoms with Crippen molar-refractivity contribution in [2.75, 3.05) is 0 Å². The third-order valence-corrected chi connectivity index (χ3v) is 7.84. The lowest BCUT2D eigenvalue weighted by Gasteiger charge is -2.10. The molecule has 0 saturated carbocycles. The van der Waals surface area contributed by atoms with Gasteiger partial charge >= 0.3 is 0 Å². The van der Waals surface area contributed by atoms with Crippen molar-refractivity contribution in [1.29, 1.82) is 0 Å². The fourth-order valence-corrected chi connectivity index (χ4v) is 6.35. The number of thiophene rings is 1. The van der Waals surface area contributed by atoms with Crippen LogP contribution < -0.4 is 0 Å². The number of nitrogens with one attached hydrogen (secondary N) is 2. The van der Waals surface area contributed by atoms with Crippen LogP contribution in [0.4, 0.5) is 0 Å². The molecule has 7 heteroatoms. The van der Waals surface area contributed by atoms with Gasteiger partial charge < -0.3 is 9.97 Å². The lowest BCUT2D eigenvalue weighted by Crippen LogP contribution is -1.89. The Balaban J connectivity index is 1.44. The van der Waals surface area contributed by atoms with Gasteiger partial charge in [-0.25, -0.2) is 9.97 Å². The van der Waals surface area contributed by atoms with Crippen LogP contribution in [0.2, 0.25) is 0 Å². The molecule has 166 valence electrons. The van der Waals surface area contributed by atoms with E-state index < -0.39 is 0 Å². The predicted molar refractivity (Wildman–Crippen MR) is 144 cm³/mol. The topological polar surface area (TPSA) is 83.1 Å². The molecule has 35 heavy (non-hydrogen) atoms. The fourth-order valence-electron chi connectivity index (χ4n) is 5.42. The minimum absolute atomic E-state index is 0.851. The number of fused-ring (bicyclic) bond motifs is 12. The van der Waals surface area contributed by atoms with Crippen LogP contribution in [0.3, 0.4) is 0 Å². The Bertz CT molecular complexity index is 2150. The van der Waals surface area contributed by atoms with E-state index >= 15 is 0 Å². The van der Waals surface area contributed by atoms with Crippen LogP contribution in [-0.4, -0.2) is 29.9 Å². The van der Waals surface area contributed by atoms with Crippen molar-refractivity contribution in [1.82, 2.24) is 29.9 Å². The molecule has 0 aliphatic carbocycles. The van der Waals surface area contributed by atoms with Crippen LogP contribution in [0.15, 0.2) is 60.2 Å². The SMILES string of the molecule is Cc1nc2c3ccsc3c3cc(-c4ccc5c(c4)c4nccnc4c4[nH]c(C)nc54)ccc3c2[nH]1. The van der Waals surface area contributed by atoms with Gasteiger partial charge in [0.2, 0.25) is 0 Å². The van der Waals surface area contributed by atoms with Crippen LogP contribution in [0.1, 0.15) is 11.6 Å². The second-order valence-corrected chi connectivity index (χ2v) is 9.95. The van der Waals surface area contributed by atoms with Crippen molar-refractivity contribution in [3.8, 4) is 11.1 Å². The van der Waals surface area contributed by atoms with Crippen molar-refractivity contribution in [3.63, 3.8) is 0 Å². The highest BCUT2D eigenvalue weighted by Gasteiger charge is 2.16. The molecule has 0 radical (unpaired) electrons. The molecule has 0 atom stereocenters. The number of aryl methyl sites for hydroxylation is 2. The zero-order valence-corrected chi connectivity index (χ0v) is 19.8. The molecule has 0 bridgehead atoms. The molecule has 0 aliphatic heterocycles. The van der Waals surface area contributed by atoms with Gasteiger partial charge in [-0.15, -0.1) is 11.3 Å². The van der Waals surface area contributed by atoms with E-state index in [1.54, 1.807) is 23.7 Å². The van der Waals surface area contributed by atoms with Crippen LogP contribution in [0.5, 0.6) is 0 Å². The second-order valence-electron chi connectivity index (χ2n) is 9.03. The minimum atomic E-state index is 0.851. The normalized spacial score (nSPS) is 12.3. The Morgan fingerprint density at radius 3 is 2.06 bits per heavy atom. The van der Waals surface area contributed by atoms with Crippen LogP contribution in [0, 0.1) is 13.8 Å². The van der Waals surface area contributed by atoms with Crippen molar-refractivity contribution < 1.29 is 0 Å². The Labute approximate surface area is 202 Å². The molecule has 6 nitrogen and oxygen atoms in total. The summed E-state index contributed by atoms with van der Waals surface area (Å²) in [4.78, 5) is 25.7. The molecular formula is C28H18N6S. The van der Waals surface area contributed by atoms with Crippen LogP contribution >= 0.6 is 11.3 Å². The van der Waals surface area contributed by atoms with Gasteiger partial charge in [-0.05, 0) is 48.6 Å². The highest BCUT2D eigenvalue weighted by Crippen LogP contribution is 2.40.